The number of aromatic nitrogens is 1. The van der Waals surface area contributed by atoms with Gasteiger partial charge >= 0.3 is 0 Å². The molecular formula is C10H16N4O2S. The molecule has 0 aliphatic carbocycles. The Kier molecular flexibility index (Phi) is 5.05. The summed E-state index contributed by atoms with van der Waals surface area (Å²) in [4.78, 5) is 4.04. The van der Waals surface area contributed by atoms with Gasteiger partial charge < -0.3 is 5.73 Å². The molecule has 0 aromatic carbocycles. The fraction of sp³-hybridized carbons (Fsp3) is 0.400. The maximum absolute atomic E-state index is 11.5. The number of pyridine rings is 1. The van der Waals surface area contributed by atoms with Crippen molar-refractivity contribution in [3.8, 4) is 0 Å². The molecule has 17 heavy (non-hydrogen) atoms. The minimum atomic E-state index is -3.32. The number of hydrogen-bond donors (Lipinski definition) is 3. The number of aryl methyl sites for hydroxylation is 1. The van der Waals surface area contributed by atoms with Crippen molar-refractivity contribution in [3.63, 3.8) is 0 Å². The van der Waals surface area contributed by atoms with Gasteiger partial charge in [-0.3, -0.25) is 10.4 Å². The molecule has 0 amide bonds. The first-order chi connectivity index (χ1) is 7.99. The van der Waals surface area contributed by atoms with Crippen molar-refractivity contribution < 1.29 is 8.42 Å². The number of sulfonamides is 1. The molecule has 6 nitrogen and oxygen atoms in total. The van der Waals surface area contributed by atoms with Gasteiger partial charge in [-0.25, -0.2) is 13.1 Å². The summed E-state index contributed by atoms with van der Waals surface area (Å²) in [7, 11) is -3.32. The maximum Gasteiger partial charge on any atom is 0.211 e. The van der Waals surface area contributed by atoms with Crippen molar-refractivity contribution in [3.05, 3.63) is 30.1 Å². The summed E-state index contributed by atoms with van der Waals surface area (Å²) in [5, 5.41) is 6.97. The van der Waals surface area contributed by atoms with E-state index in [1.165, 1.54) is 0 Å². The smallest absolute Gasteiger partial charge is 0.211 e. The maximum atomic E-state index is 11.5. The Morgan fingerprint density at radius 2 is 2.24 bits per heavy atom. The van der Waals surface area contributed by atoms with E-state index in [1.54, 1.807) is 18.3 Å². The van der Waals surface area contributed by atoms with Crippen LogP contribution in [0.1, 0.15) is 12.1 Å². The second kappa shape index (κ2) is 6.31. The van der Waals surface area contributed by atoms with Gasteiger partial charge in [0, 0.05) is 31.3 Å². The van der Waals surface area contributed by atoms with Crippen LogP contribution in [-0.2, 0) is 16.4 Å². The van der Waals surface area contributed by atoms with E-state index in [4.69, 9.17) is 11.1 Å². The summed E-state index contributed by atoms with van der Waals surface area (Å²) >= 11 is 0. The van der Waals surface area contributed by atoms with Crippen LogP contribution in [0.25, 0.3) is 0 Å². The van der Waals surface area contributed by atoms with Gasteiger partial charge in [-0.2, -0.15) is 0 Å². The van der Waals surface area contributed by atoms with Gasteiger partial charge in [0.15, 0.2) is 0 Å². The van der Waals surface area contributed by atoms with E-state index in [-0.39, 0.29) is 24.6 Å². The lowest BCUT2D eigenvalue weighted by atomic mass is 10.3. The molecule has 0 radical (unpaired) electrons. The SMILES string of the molecule is N=C(N)CCNS(=O)(=O)CCc1ccccn1. The molecule has 0 saturated carbocycles. The van der Waals surface area contributed by atoms with Crippen LogP contribution in [0.2, 0.25) is 0 Å². The number of rotatable bonds is 7. The molecule has 0 aliphatic rings. The normalized spacial score (nSPS) is 11.3. The molecule has 0 saturated heterocycles. The van der Waals surface area contributed by atoms with E-state index < -0.39 is 10.0 Å². The Labute approximate surface area is 101 Å². The zero-order valence-corrected chi connectivity index (χ0v) is 10.2. The summed E-state index contributed by atoms with van der Waals surface area (Å²) in [6, 6.07) is 5.38. The average Bonchev–Trinajstić information content (AvgIpc) is 2.27. The fourth-order valence-corrected chi connectivity index (χ4v) is 2.23. The molecule has 0 atom stereocenters. The Balaban J connectivity index is 2.37. The van der Waals surface area contributed by atoms with E-state index in [0.717, 1.165) is 5.69 Å². The first-order valence-electron chi connectivity index (χ1n) is 5.20. The monoisotopic (exact) mass is 256 g/mol. The van der Waals surface area contributed by atoms with E-state index in [2.05, 4.69) is 9.71 Å². The molecule has 0 unspecified atom stereocenters. The highest BCUT2D eigenvalue weighted by Gasteiger charge is 2.10. The summed E-state index contributed by atoms with van der Waals surface area (Å²) < 4.78 is 25.5. The minimum absolute atomic E-state index is 0.0120. The van der Waals surface area contributed by atoms with Gasteiger partial charge in [0.2, 0.25) is 10.0 Å². The van der Waals surface area contributed by atoms with Crippen LogP contribution in [0, 0.1) is 5.41 Å². The van der Waals surface area contributed by atoms with Gasteiger partial charge in [0.05, 0.1) is 11.6 Å². The predicted molar refractivity (Wildman–Crippen MR) is 66.3 cm³/mol. The number of hydrogen-bond acceptors (Lipinski definition) is 4. The van der Waals surface area contributed by atoms with Crippen LogP contribution >= 0.6 is 0 Å². The zero-order chi connectivity index (χ0) is 12.7. The highest BCUT2D eigenvalue weighted by Crippen LogP contribution is 1.97. The van der Waals surface area contributed by atoms with Crippen LogP contribution in [0.3, 0.4) is 0 Å². The van der Waals surface area contributed by atoms with Gasteiger partial charge in [-0.1, -0.05) is 6.07 Å². The van der Waals surface area contributed by atoms with Crippen molar-refractivity contribution >= 4 is 15.9 Å². The van der Waals surface area contributed by atoms with Gasteiger partial charge in [0.25, 0.3) is 0 Å². The molecule has 94 valence electrons. The van der Waals surface area contributed by atoms with Crippen molar-refractivity contribution in [1.29, 1.82) is 5.41 Å². The third-order valence-corrected chi connectivity index (χ3v) is 3.45. The lowest BCUT2D eigenvalue weighted by Gasteiger charge is -2.05. The first-order valence-corrected chi connectivity index (χ1v) is 6.85. The molecule has 4 N–H and O–H groups in total. The number of nitrogens with two attached hydrogens (primary N) is 1. The third-order valence-electron chi connectivity index (χ3n) is 2.07. The van der Waals surface area contributed by atoms with Crippen molar-refractivity contribution in [2.75, 3.05) is 12.3 Å². The number of nitrogens with zero attached hydrogens (tertiary/aromatic N) is 1. The second-order valence-corrected chi connectivity index (χ2v) is 5.49. The molecular weight excluding hydrogens is 240 g/mol. The summed E-state index contributed by atoms with van der Waals surface area (Å²) in [5.41, 5.74) is 5.87. The second-order valence-electron chi connectivity index (χ2n) is 3.56. The zero-order valence-electron chi connectivity index (χ0n) is 9.39. The Morgan fingerprint density at radius 3 is 2.82 bits per heavy atom. The number of amidine groups is 1. The van der Waals surface area contributed by atoms with Gasteiger partial charge in [-0.15, -0.1) is 0 Å². The predicted octanol–water partition coefficient (Wildman–Crippen LogP) is -0.130. The standard InChI is InChI=1S/C10H16N4O2S/c11-10(12)4-7-14-17(15,16)8-5-9-3-1-2-6-13-9/h1-3,6,14H,4-5,7-8H2,(H3,11,12). The van der Waals surface area contributed by atoms with Crippen molar-refractivity contribution in [1.82, 2.24) is 9.71 Å². The van der Waals surface area contributed by atoms with E-state index >= 15 is 0 Å². The van der Waals surface area contributed by atoms with Crippen molar-refractivity contribution in [2.45, 2.75) is 12.8 Å². The first kappa shape index (κ1) is 13.6. The average molecular weight is 256 g/mol. The van der Waals surface area contributed by atoms with Crippen LogP contribution in [0.5, 0.6) is 0 Å². The van der Waals surface area contributed by atoms with E-state index in [9.17, 15) is 8.42 Å². The molecule has 0 bridgehead atoms. The van der Waals surface area contributed by atoms with E-state index in [0.29, 0.717) is 6.42 Å². The summed E-state index contributed by atoms with van der Waals surface area (Å²) in [6.45, 7) is 0.167. The van der Waals surface area contributed by atoms with Crippen LogP contribution in [0.15, 0.2) is 24.4 Å². The molecule has 1 heterocycles. The molecule has 1 aromatic heterocycles. The molecule has 0 aliphatic heterocycles. The van der Waals surface area contributed by atoms with Crippen LogP contribution in [-0.4, -0.2) is 31.5 Å². The Bertz CT molecular complexity index is 458. The summed E-state index contributed by atoms with van der Waals surface area (Å²) in [5.74, 6) is -0.0421. The van der Waals surface area contributed by atoms with Crippen LogP contribution < -0.4 is 10.5 Å². The molecule has 0 fully saturated rings. The Hall–Kier alpha value is -1.47. The van der Waals surface area contributed by atoms with Gasteiger partial charge in [0.1, 0.15) is 0 Å². The van der Waals surface area contributed by atoms with Crippen LogP contribution in [0.4, 0.5) is 0 Å². The molecule has 1 rings (SSSR count). The molecule has 1 aromatic rings. The molecule has 0 spiro atoms. The van der Waals surface area contributed by atoms with Gasteiger partial charge in [-0.05, 0) is 12.1 Å². The minimum Gasteiger partial charge on any atom is -0.388 e. The van der Waals surface area contributed by atoms with Crippen molar-refractivity contribution in [2.24, 2.45) is 5.73 Å². The highest BCUT2D eigenvalue weighted by molar-refractivity contribution is 7.89. The lowest BCUT2D eigenvalue weighted by molar-refractivity contribution is 0.581. The topological polar surface area (TPSA) is 109 Å². The Morgan fingerprint density at radius 1 is 1.47 bits per heavy atom. The highest BCUT2D eigenvalue weighted by atomic mass is 32.2. The lowest BCUT2D eigenvalue weighted by Crippen LogP contribution is -2.30. The third kappa shape index (κ3) is 5.98. The fourth-order valence-electron chi connectivity index (χ4n) is 1.20. The largest absolute Gasteiger partial charge is 0.388 e. The molecule has 7 heteroatoms. The summed E-state index contributed by atoms with van der Waals surface area (Å²) in [6.07, 6.45) is 2.23. The quantitative estimate of drug-likeness (QED) is 0.466. The number of nitrogens with one attached hydrogen (secondary N) is 2. The van der Waals surface area contributed by atoms with E-state index in [1.807, 2.05) is 6.07 Å².